The average molecular weight is 377 g/mol. The molecule has 0 spiro atoms. The van der Waals surface area contributed by atoms with E-state index in [0.29, 0.717) is 12.0 Å². The molecule has 28 heavy (non-hydrogen) atoms. The summed E-state index contributed by atoms with van der Waals surface area (Å²) in [5.74, 6) is 1.61. The van der Waals surface area contributed by atoms with Gasteiger partial charge < -0.3 is 14.8 Å². The lowest BCUT2D eigenvalue weighted by atomic mass is 9.93. The molecule has 0 saturated carbocycles. The zero-order chi connectivity index (χ0) is 19.3. The molecule has 4 rings (SSSR count). The number of piperidine rings is 1. The Morgan fingerprint density at radius 1 is 1.25 bits per heavy atom. The number of likely N-dealkylation sites (tertiary alicyclic amines) is 1. The highest BCUT2D eigenvalue weighted by molar-refractivity contribution is 5.82. The first kappa shape index (κ1) is 18.5. The fourth-order valence-electron chi connectivity index (χ4n) is 4.11. The maximum Gasteiger partial charge on any atom is 0.193 e. The molecule has 1 N–H and O–H groups in total. The molecule has 2 unspecified atom stereocenters. The van der Waals surface area contributed by atoms with E-state index in [1.165, 1.54) is 10.9 Å². The lowest BCUT2D eigenvalue weighted by molar-refractivity contribution is 0.189. The molecular formula is C22H28N6. The number of aliphatic imine (C=N–C) groups is 1. The molecule has 1 aliphatic heterocycles. The second-order valence-corrected chi connectivity index (χ2v) is 7.51. The van der Waals surface area contributed by atoms with Crippen molar-refractivity contribution in [3.8, 4) is 0 Å². The summed E-state index contributed by atoms with van der Waals surface area (Å²) in [6.07, 6.45) is 9.78. The van der Waals surface area contributed by atoms with Crippen LogP contribution >= 0.6 is 0 Å². The number of pyridine rings is 1. The summed E-state index contributed by atoms with van der Waals surface area (Å²) >= 11 is 0. The van der Waals surface area contributed by atoms with Crippen LogP contribution in [0.3, 0.4) is 0 Å². The summed E-state index contributed by atoms with van der Waals surface area (Å²) in [7, 11) is 1.87. The highest BCUT2D eigenvalue weighted by Gasteiger charge is 2.28. The first-order chi connectivity index (χ1) is 13.8. The zero-order valence-corrected chi connectivity index (χ0v) is 16.6. The normalized spacial score (nSPS) is 20.5. The van der Waals surface area contributed by atoms with Gasteiger partial charge in [0.15, 0.2) is 5.96 Å². The van der Waals surface area contributed by atoms with Crippen LogP contribution in [-0.2, 0) is 6.42 Å². The minimum Gasteiger partial charge on any atom is -0.356 e. The Balaban J connectivity index is 1.39. The molecule has 146 valence electrons. The lowest BCUT2D eigenvalue weighted by Crippen LogP contribution is -2.49. The molecule has 0 aliphatic carbocycles. The molecule has 3 heterocycles. The minimum atomic E-state index is 0.428. The van der Waals surface area contributed by atoms with E-state index in [-0.39, 0.29) is 0 Å². The molecule has 0 bridgehead atoms. The highest BCUT2D eigenvalue weighted by atomic mass is 15.3. The fraction of sp³-hybridized carbons (Fsp3) is 0.409. The zero-order valence-electron chi connectivity index (χ0n) is 16.6. The van der Waals surface area contributed by atoms with Gasteiger partial charge in [0.05, 0.1) is 17.9 Å². The number of benzene rings is 1. The number of para-hydroxylation sites is 1. The Hall–Kier alpha value is -2.89. The van der Waals surface area contributed by atoms with Crippen molar-refractivity contribution in [1.82, 2.24) is 24.8 Å². The van der Waals surface area contributed by atoms with Crippen molar-refractivity contribution < 1.29 is 0 Å². The minimum absolute atomic E-state index is 0.428. The number of aromatic nitrogens is 3. The van der Waals surface area contributed by atoms with E-state index < -0.39 is 0 Å². The van der Waals surface area contributed by atoms with Crippen molar-refractivity contribution in [1.29, 1.82) is 0 Å². The number of hydrogen-bond donors (Lipinski definition) is 1. The molecule has 1 fully saturated rings. The molecule has 1 aliphatic rings. The monoisotopic (exact) mass is 376 g/mol. The number of nitrogens with zero attached hydrogens (tertiary/aromatic N) is 5. The first-order valence-corrected chi connectivity index (χ1v) is 10.0. The lowest BCUT2D eigenvalue weighted by Gasteiger charge is -2.39. The molecule has 2 aromatic heterocycles. The molecular weight excluding hydrogens is 348 g/mol. The SMILES string of the molecule is CN=C(NCCc1cccc2cccnc12)N1CCC(C)C(n2ccnc2)C1. The average Bonchev–Trinajstić information content (AvgIpc) is 3.26. The van der Waals surface area contributed by atoms with E-state index >= 15 is 0 Å². The molecule has 1 aromatic carbocycles. The van der Waals surface area contributed by atoms with Gasteiger partial charge >= 0.3 is 0 Å². The van der Waals surface area contributed by atoms with Crippen LogP contribution in [0.1, 0.15) is 24.9 Å². The predicted molar refractivity (Wildman–Crippen MR) is 113 cm³/mol. The number of nitrogens with one attached hydrogen (secondary N) is 1. The number of rotatable bonds is 4. The Morgan fingerprint density at radius 3 is 2.96 bits per heavy atom. The van der Waals surface area contributed by atoms with Crippen molar-refractivity contribution in [3.63, 3.8) is 0 Å². The number of fused-ring (bicyclic) bond motifs is 1. The number of hydrogen-bond acceptors (Lipinski definition) is 3. The summed E-state index contributed by atoms with van der Waals surface area (Å²) in [5.41, 5.74) is 2.36. The van der Waals surface area contributed by atoms with Crippen LogP contribution in [0.2, 0.25) is 0 Å². The summed E-state index contributed by atoms with van der Waals surface area (Å²) in [4.78, 5) is 15.7. The Kier molecular flexibility index (Phi) is 5.55. The summed E-state index contributed by atoms with van der Waals surface area (Å²) < 4.78 is 2.23. The fourth-order valence-corrected chi connectivity index (χ4v) is 4.11. The third-order valence-electron chi connectivity index (χ3n) is 5.73. The standard InChI is InChI=1S/C22H28N6/c1-17-9-13-27(15-20(17)28-14-12-24-16-28)22(23-2)26-11-8-19-6-3-5-18-7-4-10-25-21(18)19/h3-7,10,12,14,16-17,20H,8-9,11,13,15H2,1-2H3,(H,23,26). The third kappa shape index (κ3) is 3.86. The Morgan fingerprint density at radius 2 is 2.14 bits per heavy atom. The summed E-state index contributed by atoms with van der Waals surface area (Å²) in [5, 5.41) is 4.75. The van der Waals surface area contributed by atoms with Crippen LogP contribution in [0.4, 0.5) is 0 Å². The molecule has 2 atom stereocenters. The van der Waals surface area contributed by atoms with Crippen LogP contribution < -0.4 is 5.32 Å². The van der Waals surface area contributed by atoms with E-state index in [9.17, 15) is 0 Å². The molecule has 6 heteroatoms. The topological polar surface area (TPSA) is 58.3 Å². The van der Waals surface area contributed by atoms with Gasteiger partial charge in [-0.3, -0.25) is 9.98 Å². The smallest absolute Gasteiger partial charge is 0.193 e. The van der Waals surface area contributed by atoms with Crippen molar-refractivity contribution in [2.24, 2.45) is 10.9 Å². The van der Waals surface area contributed by atoms with Gasteiger partial charge in [-0.15, -0.1) is 0 Å². The van der Waals surface area contributed by atoms with Gasteiger partial charge in [-0.05, 0) is 30.4 Å². The van der Waals surface area contributed by atoms with Crippen molar-refractivity contribution in [2.75, 3.05) is 26.7 Å². The van der Waals surface area contributed by atoms with Gasteiger partial charge in [-0.2, -0.15) is 0 Å². The predicted octanol–water partition coefficient (Wildman–Crippen LogP) is 3.13. The maximum atomic E-state index is 4.56. The quantitative estimate of drug-likeness (QED) is 0.561. The molecule has 0 amide bonds. The van der Waals surface area contributed by atoms with Gasteiger partial charge in [-0.25, -0.2) is 4.98 Å². The second-order valence-electron chi connectivity index (χ2n) is 7.51. The largest absolute Gasteiger partial charge is 0.356 e. The third-order valence-corrected chi connectivity index (χ3v) is 5.73. The molecule has 1 saturated heterocycles. The van der Waals surface area contributed by atoms with Crippen LogP contribution in [0.5, 0.6) is 0 Å². The molecule has 0 radical (unpaired) electrons. The number of guanidine groups is 1. The van der Waals surface area contributed by atoms with Gasteiger partial charge in [0, 0.05) is 50.7 Å². The van der Waals surface area contributed by atoms with Gasteiger partial charge in [0.1, 0.15) is 0 Å². The van der Waals surface area contributed by atoms with Gasteiger partial charge in [0.25, 0.3) is 0 Å². The van der Waals surface area contributed by atoms with E-state index in [0.717, 1.165) is 44.0 Å². The Labute approximate surface area is 166 Å². The number of imidazole rings is 1. The molecule has 3 aromatic rings. The van der Waals surface area contributed by atoms with E-state index in [1.54, 1.807) is 0 Å². The van der Waals surface area contributed by atoms with Crippen LogP contribution in [-0.4, -0.2) is 52.1 Å². The Bertz CT molecular complexity index is 928. The van der Waals surface area contributed by atoms with E-state index in [1.807, 2.05) is 31.8 Å². The van der Waals surface area contributed by atoms with Gasteiger partial charge in [-0.1, -0.05) is 31.2 Å². The van der Waals surface area contributed by atoms with Crippen LogP contribution in [0.15, 0.2) is 60.2 Å². The summed E-state index contributed by atoms with van der Waals surface area (Å²) in [6, 6.07) is 10.9. The van der Waals surface area contributed by atoms with Gasteiger partial charge in [0.2, 0.25) is 0 Å². The summed E-state index contributed by atoms with van der Waals surface area (Å²) in [6.45, 7) is 5.14. The highest BCUT2D eigenvalue weighted by Crippen LogP contribution is 2.27. The van der Waals surface area contributed by atoms with Crippen LogP contribution in [0.25, 0.3) is 10.9 Å². The van der Waals surface area contributed by atoms with E-state index in [4.69, 9.17) is 0 Å². The van der Waals surface area contributed by atoms with E-state index in [2.05, 4.69) is 67.1 Å². The second kappa shape index (κ2) is 8.42. The van der Waals surface area contributed by atoms with Crippen molar-refractivity contribution in [2.45, 2.75) is 25.8 Å². The first-order valence-electron chi connectivity index (χ1n) is 10.0. The molecule has 6 nitrogen and oxygen atoms in total. The van der Waals surface area contributed by atoms with Crippen molar-refractivity contribution >= 4 is 16.9 Å². The maximum absolute atomic E-state index is 4.56. The van der Waals surface area contributed by atoms with Crippen molar-refractivity contribution in [3.05, 3.63) is 60.8 Å². The van der Waals surface area contributed by atoms with Crippen LogP contribution in [0, 0.1) is 5.92 Å².